The molecule has 0 saturated carbocycles. The third kappa shape index (κ3) is 5.33. The van der Waals surface area contributed by atoms with Gasteiger partial charge in [0.1, 0.15) is 11.9 Å². The Morgan fingerprint density at radius 1 is 1.03 bits per heavy atom. The number of anilines is 1. The number of sulfonamides is 1. The lowest BCUT2D eigenvalue weighted by atomic mass is 10.1. The summed E-state index contributed by atoms with van der Waals surface area (Å²) in [5.74, 6) is -0.929. The third-order valence-corrected chi connectivity index (χ3v) is 8.14. The molecule has 2 heterocycles. The summed E-state index contributed by atoms with van der Waals surface area (Å²) in [5.41, 5.74) is 1.41. The second-order valence-electron chi connectivity index (χ2n) is 8.62. The summed E-state index contributed by atoms with van der Waals surface area (Å²) in [7, 11) is -3.66. The second kappa shape index (κ2) is 10.1. The van der Waals surface area contributed by atoms with Crippen molar-refractivity contribution in [2.24, 2.45) is 0 Å². The van der Waals surface area contributed by atoms with Crippen LogP contribution in [0, 0.1) is 12.7 Å². The highest BCUT2D eigenvalue weighted by atomic mass is 32.2. The number of rotatable bonds is 6. The number of halogens is 1. The Morgan fingerprint density at radius 2 is 1.71 bits per heavy atom. The first kappa shape index (κ1) is 24.7. The fourth-order valence-corrected chi connectivity index (χ4v) is 5.80. The molecular formula is C25H27FN4O4S. The lowest BCUT2D eigenvalue weighted by Crippen LogP contribution is -2.36. The number of benzene rings is 2. The molecule has 3 aromatic rings. The molecule has 8 nitrogen and oxygen atoms in total. The average Bonchev–Trinajstić information content (AvgIpc) is 2.86. The quantitative estimate of drug-likeness (QED) is 0.558. The molecule has 1 aliphatic heterocycles. The van der Waals surface area contributed by atoms with Gasteiger partial charge in [-0.3, -0.25) is 9.59 Å². The molecule has 4 rings (SSSR count). The molecule has 1 amide bonds. The number of hydrogen-bond acceptors (Lipinski definition) is 5. The van der Waals surface area contributed by atoms with Gasteiger partial charge in [0.2, 0.25) is 15.9 Å². The SMILES string of the molecule is Cc1ccc(-c2ccc(=O)n(C(C)C(=O)Nc3ccc(F)cc3)n2)cc1S(=O)(=O)N1CCCCC1. The number of aromatic nitrogens is 2. The Balaban J connectivity index is 1.64. The van der Waals surface area contributed by atoms with Crippen molar-refractivity contribution >= 4 is 21.6 Å². The summed E-state index contributed by atoms with van der Waals surface area (Å²) in [4.78, 5) is 25.4. The van der Waals surface area contributed by atoms with Crippen LogP contribution in [-0.2, 0) is 14.8 Å². The van der Waals surface area contributed by atoms with Crippen molar-refractivity contribution in [1.29, 1.82) is 0 Å². The number of carbonyl (C=O) groups is 1. The zero-order valence-electron chi connectivity index (χ0n) is 19.6. The minimum absolute atomic E-state index is 0.207. The molecule has 10 heteroatoms. The summed E-state index contributed by atoms with van der Waals surface area (Å²) in [6.07, 6.45) is 2.69. The van der Waals surface area contributed by atoms with Crippen LogP contribution in [0.25, 0.3) is 11.3 Å². The Bertz CT molecular complexity index is 1400. The van der Waals surface area contributed by atoms with Gasteiger partial charge in [-0.25, -0.2) is 17.5 Å². The van der Waals surface area contributed by atoms with Crippen LogP contribution in [0.4, 0.5) is 10.1 Å². The maximum atomic E-state index is 13.3. The highest BCUT2D eigenvalue weighted by Crippen LogP contribution is 2.28. The normalized spacial score (nSPS) is 15.5. The van der Waals surface area contributed by atoms with Crippen LogP contribution in [0.2, 0.25) is 0 Å². The van der Waals surface area contributed by atoms with Crippen molar-refractivity contribution in [3.8, 4) is 11.3 Å². The van der Waals surface area contributed by atoms with Crippen molar-refractivity contribution in [3.63, 3.8) is 0 Å². The van der Waals surface area contributed by atoms with Crippen LogP contribution in [0.15, 0.2) is 64.3 Å². The minimum atomic E-state index is -3.66. The molecule has 184 valence electrons. The van der Waals surface area contributed by atoms with Gasteiger partial charge in [-0.2, -0.15) is 9.40 Å². The number of nitrogens with one attached hydrogen (secondary N) is 1. The smallest absolute Gasteiger partial charge is 0.267 e. The van der Waals surface area contributed by atoms with E-state index in [9.17, 15) is 22.4 Å². The lowest BCUT2D eigenvalue weighted by Gasteiger charge is -2.26. The molecule has 0 radical (unpaired) electrons. The van der Waals surface area contributed by atoms with E-state index in [0.717, 1.165) is 23.9 Å². The number of amides is 1. The third-order valence-electron chi connectivity index (χ3n) is 6.10. The Labute approximate surface area is 203 Å². The number of piperidine rings is 1. The molecule has 0 spiro atoms. The van der Waals surface area contributed by atoms with Gasteiger partial charge < -0.3 is 5.32 Å². The highest BCUT2D eigenvalue weighted by Gasteiger charge is 2.28. The zero-order valence-corrected chi connectivity index (χ0v) is 20.4. The Kier molecular flexibility index (Phi) is 7.13. The number of hydrogen-bond donors (Lipinski definition) is 1. The highest BCUT2D eigenvalue weighted by molar-refractivity contribution is 7.89. The first-order valence-electron chi connectivity index (χ1n) is 11.4. The Morgan fingerprint density at radius 3 is 2.40 bits per heavy atom. The van der Waals surface area contributed by atoms with Crippen molar-refractivity contribution in [2.45, 2.75) is 44.0 Å². The van der Waals surface area contributed by atoms with E-state index in [2.05, 4.69) is 10.4 Å². The monoisotopic (exact) mass is 498 g/mol. The minimum Gasteiger partial charge on any atom is -0.324 e. The van der Waals surface area contributed by atoms with Gasteiger partial charge in [-0.1, -0.05) is 18.6 Å². The number of carbonyl (C=O) groups excluding carboxylic acids is 1. The zero-order chi connectivity index (χ0) is 25.2. The second-order valence-corrected chi connectivity index (χ2v) is 10.5. The first-order valence-corrected chi connectivity index (χ1v) is 12.9. The van der Waals surface area contributed by atoms with Gasteiger partial charge in [0.05, 0.1) is 10.6 Å². The fourth-order valence-electron chi connectivity index (χ4n) is 4.03. The van der Waals surface area contributed by atoms with E-state index >= 15 is 0 Å². The molecule has 1 fully saturated rings. The van der Waals surface area contributed by atoms with Crippen LogP contribution in [0.5, 0.6) is 0 Å². The van der Waals surface area contributed by atoms with Crippen LogP contribution in [0.3, 0.4) is 0 Å². The van der Waals surface area contributed by atoms with Gasteiger partial charge in [-0.15, -0.1) is 0 Å². The van der Waals surface area contributed by atoms with Gasteiger partial charge in [0, 0.05) is 30.4 Å². The molecule has 1 unspecified atom stereocenters. The summed E-state index contributed by atoms with van der Waals surface area (Å²) >= 11 is 0. The summed E-state index contributed by atoms with van der Waals surface area (Å²) in [6.45, 7) is 4.26. The predicted octanol–water partition coefficient (Wildman–Crippen LogP) is 3.73. The lowest BCUT2D eigenvalue weighted by molar-refractivity contribution is -0.119. The number of nitrogens with zero attached hydrogens (tertiary/aromatic N) is 3. The van der Waals surface area contributed by atoms with E-state index in [-0.39, 0.29) is 4.90 Å². The molecule has 0 aliphatic carbocycles. The van der Waals surface area contributed by atoms with Crippen LogP contribution < -0.4 is 10.9 Å². The Hall–Kier alpha value is -3.37. The fraction of sp³-hybridized carbons (Fsp3) is 0.320. The van der Waals surface area contributed by atoms with E-state index < -0.39 is 33.3 Å². The first-order chi connectivity index (χ1) is 16.7. The van der Waals surface area contributed by atoms with Crippen LogP contribution in [-0.4, -0.2) is 41.5 Å². The average molecular weight is 499 g/mol. The molecule has 1 atom stereocenters. The van der Waals surface area contributed by atoms with E-state index in [4.69, 9.17) is 0 Å². The van der Waals surface area contributed by atoms with Crippen molar-refractivity contribution in [1.82, 2.24) is 14.1 Å². The molecule has 1 aromatic heterocycles. The van der Waals surface area contributed by atoms with E-state index in [1.54, 1.807) is 25.1 Å². The molecule has 1 N–H and O–H groups in total. The van der Waals surface area contributed by atoms with Gasteiger partial charge in [0.15, 0.2) is 0 Å². The molecule has 35 heavy (non-hydrogen) atoms. The van der Waals surface area contributed by atoms with Crippen molar-refractivity contribution < 1.29 is 17.6 Å². The van der Waals surface area contributed by atoms with Gasteiger partial charge >= 0.3 is 0 Å². The van der Waals surface area contributed by atoms with E-state index in [1.807, 2.05) is 0 Å². The summed E-state index contributed by atoms with van der Waals surface area (Å²) < 4.78 is 42.2. The van der Waals surface area contributed by atoms with Gasteiger partial charge in [0.25, 0.3) is 5.56 Å². The topological polar surface area (TPSA) is 101 Å². The molecule has 0 bridgehead atoms. The molecular weight excluding hydrogens is 471 g/mol. The van der Waals surface area contributed by atoms with E-state index in [0.29, 0.717) is 35.6 Å². The van der Waals surface area contributed by atoms with E-state index in [1.165, 1.54) is 47.6 Å². The van der Waals surface area contributed by atoms with Crippen LogP contribution in [0.1, 0.15) is 37.8 Å². The molecule has 1 saturated heterocycles. The van der Waals surface area contributed by atoms with Crippen molar-refractivity contribution in [3.05, 3.63) is 76.3 Å². The van der Waals surface area contributed by atoms with Crippen molar-refractivity contribution in [2.75, 3.05) is 18.4 Å². The molecule has 2 aromatic carbocycles. The maximum absolute atomic E-state index is 13.3. The number of aryl methyl sites for hydroxylation is 1. The standard InChI is InChI=1S/C25H27FN4O4S/c1-17-6-7-19(16-23(17)35(33,34)29-14-4-3-5-15-29)22-12-13-24(31)30(28-22)18(2)25(32)27-21-10-8-20(26)9-11-21/h6-13,16,18H,3-5,14-15H2,1-2H3,(H,27,32). The summed E-state index contributed by atoms with van der Waals surface area (Å²) in [5, 5.41) is 7.00. The van der Waals surface area contributed by atoms with Gasteiger partial charge in [-0.05, 0) is 68.7 Å². The summed E-state index contributed by atoms with van der Waals surface area (Å²) in [6, 6.07) is 12.1. The van der Waals surface area contributed by atoms with Crippen LogP contribution >= 0.6 is 0 Å². The largest absolute Gasteiger partial charge is 0.324 e. The maximum Gasteiger partial charge on any atom is 0.267 e. The molecule has 1 aliphatic rings. The predicted molar refractivity (Wildman–Crippen MR) is 131 cm³/mol.